The lowest BCUT2D eigenvalue weighted by Crippen LogP contribution is -2.43. The molecule has 0 N–H and O–H groups in total. The summed E-state index contributed by atoms with van der Waals surface area (Å²) in [6.07, 6.45) is 11.4. The predicted molar refractivity (Wildman–Crippen MR) is 142 cm³/mol. The van der Waals surface area contributed by atoms with Gasteiger partial charge in [0, 0.05) is 31.2 Å². The zero-order chi connectivity index (χ0) is 26.2. The first-order valence-electron chi connectivity index (χ1n) is 13.0. The zero-order valence-electron chi connectivity index (χ0n) is 22.3. The molecule has 0 saturated carbocycles. The van der Waals surface area contributed by atoms with Gasteiger partial charge < -0.3 is 18.9 Å². The molecule has 5 rings (SSSR count). The van der Waals surface area contributed by atoms with Gasteiger partial charge >= 0.3 is 6.09 Å². The third-order valence-corrected chi connectivity index (χ3v) is 6.94. The molecule has 196 valence electrons. The number of methoxy groups -OCH3 is 1. The summed E-state index contributed by atoms with van der Waals surface area (Å²) in [7, 11) is 1.67. The molecule has 0 aliphatic carbocycles. The van der Waals surface area contributed by atoms with Crippen LogP contribution in [0.25, 0.3) is 17.8 Å². The van der Waals surface area contributed by atoms with Crippen molar-refractivity contribution in [1.82, 2.24) is 29.2 Å². The van der Waals surface area contributed by atoms with Crippen molar-refractivity contribution in [2.45, 2.75) is 77.5 Å². The molecule has 2 unspecified atom stereocenters. The minimum absolute atomic E-state index is 0.0959. The van der Waals surface area contributed by atoms with E-state index in [-0.39, 0.29) is 18.1 Å². The van der Waals surface area contributed by atoms with E-state index in [1.165, 1.54) is 0 Å². The van der Waals surface area contributed by atoms with Gasteiger partial charge in [-0.2, -0.15) is 5.10 Å². The largest absolute Gasteiger partial charge is 0.495 e. The third kappa shape index (κ3) is 5.40. The highest BCUT2D eigenvalue weighted by Gasteiger charge is 2.40. The first-order chi connectivity index (χ1) is 17.7. The van der Waals surface area contributed by atoms with Crippen molar-refractivity contribution < 1.29 is 14.3 Å². The summed E-state index contributed by atoms with van der Waals surface area (Å²) in [5, 5.41) is 4.77. The molecule has 0 radical (unpaired) electrons. The van der Waals surface area contributed by atoms with Gasteiger partial charge in [0.15, 0.2) is 5.82 Å². The summed E-state index contributed by atoms with van der Waals surface area (Å²) in [6, 6.07) is 6.15. The van der Waals surface area contributed by atoms with Crippen molar-refractivity contribution in [3.8, 4) is 11.4 Å². The van der Waals surface area contributed by atoms with Gasteiger partial charge in [-0.1, -0.05) is 12.1 Å². The fraction of sp³-hybridized carbons (Fsp3) is 0.500. The fourth-order valence-corrected chi connectivity index (χ4v) is 5.33. The van der Waals surface area contributed by atoms with Crippen LogP contribution in [-0.4, -0.2) is 60.6 Å². The lowest BCUT2D eigenvalue weighted by molar-refractivity contribution is 0.0194. The van der Waals surface area contributed by atoms with E-state index in [1.807, 2.05) is 78.4 Å². The molecule has 3 aromatic rings. The van der Waals surface area contributed by atoms with Gasteiger partial charge in [-0.15, -0.1) is 0 Å². The molecule has 1 aromatic carbocycles. The number of fused-ring (bicyclic) bond motifs is 1. The topological polar surface area (TPSA) is 87.3 Å². The van der Waals surface area contributed by atoms with E-state index in [0.717, 1.165) is 67.3 Å². The van der Waals surface area contributed by atoms with E-state index in [9.17, 15) is 4.79 Å². The average molecular weight is 505 g/mol. The molecule has 4 heterocycles. The van der Waals surface area contributed by atoms with E-state index in [4.69, 9.17) is 19.6 Å². The smallest absolute Gasteiger partial charge is 0.410 e. The van der Waals surface area contributed by atoms with Crippen LogP contribution in [-0.2, 0) is 11.3 Å². The van der Waals surface area contributed by atoms with Gasteiger partial charge in [0.05, 0.1) is 24.8 Å². The second-order valence-corrected chi connectivity index (χ2v) is 10.9. The Morgan fingerprint density at radius 2 is 1.95 bits per heavy atom. The van der Waals surface area contributed by atoms with E-state index in [1.54, 1.807) is 13.4 Å². The van der Waals surface area contributed by atoms with E-state index in [0.29, 0.717) is 5.82 Å². The molecule has 1 fully saturated rings. The zero-order valence-corrected chi connectivity index (χ0v) is 22.3. The summed E-state index contributed by atoms with van der Waals surface area (Å²) >= 11 is 0. The lowest BCUT2D eigenvalue weighted by atomic mass is 9.90. The third-order valence-electron chi connectivity index (χ3n) is 6.94. The molecule has 2 aromatic heterocycles. The number of benzene rings is 1. The normalized spacial score (nSPS) is 19.9. The Bertz CT molecular complexity index is 1300. The maximum absolute atomic E-state index is 12.9. The Morgan fingerprint density at radius 3 is 2.68 bits per heavy atom. The molecule has 2 aliphatic rings. The second-order valence-electron chi connectivity index (χ2n) is 10.9. The highest BCUT2D eigenvalue weighted by Crippen LogP contribution is 2.37. The molecule has 2 aliphatic heterocycles. The van der Waals surface area contributed by atoms with E-state index in [2.05, 4.69) is 4.98 Å². The number of imidazole rings is 1. The number of aromatic nitrogens is 5. The number of likely N-dealkylation sites (tertiary alicyclic amines) is 1. The summed E-state index contributed by atoms with van der Waals surface area (Å²) in [5.74, 6) is 2.57. The minimum atomic E-state index is -0.507. The van der Waals surface area contributed by atoms with Crippen molar-refractivity contribution in [3.63, 3.8) is 0 Å². The van der Waals surface area contributed by atoms with E-state index >= 15 is 0 Å². The maximum Gasteiger partial charge on any atom is 0.410 e. The Balaban J connectivity index is 1.35. The summed E-state index contributed by atoms with van der Waals surface area (Å²) < 4.78 is 15.3. The fourth-order valence-electron chi connectivity index (χ4n) is 5.33. The number of aryl methyl sites for hydroxylation is 2. The van der Waals surface area contributed by atoms with Crippen LogP contribution in [0.15, 0.2) is 30.7 Å². The molecule has 9 heteroatoms. The van der Waals surface area contributed by atoms with Crippen LogP contribution in [0.5, 0.6) is 5.75 Å². The standard InChI is InChI=1S/C28H36N6O3/c1-19-17-32(18-29-19)23-12-10-20(16-24(23)36-5)11-13-25-30-26-21(8-6-15-34(26)31-25)22-9-7-14-33(22)27(35)37-28(2,3)4/h10-13,16-18,21-22H,6-9,14-15H2,1-5H3. The highest BCUT2D eigenvalue weighted by atomic mass is 16.6. The summed E-state index contributed by atoms with van der Waals surface area (Å²) in [6.45, 7) is 9.27. The second kappa shape index (κ2) is 10.0. The van der Waals surface area contributed by atoms with Gasteiger partial charge in [0.2, 0.25) is 0 Å². The van der Waals surface area contributed by atoms with Crippen LogP contribution < -0.4 is 4.74 Å². The Kier molecular flexibility index (Phi) is 6.79. The van der Waals surface area contributed by atoms with Gasteiger partial charge in [-0.3, -0.25) is 0 Å². The number of hydrogen-bond donors (Lipinski definition) is 0. The molecule has 9 nitrogen and oxygen atoms in total. The van der Waals surface area contributed by atoms with Gasteiger partial charge in [-0.25, -0.2) is 19.4 Å². The van der Waals surface area contributed by atoms with Crippen molar-refractivity contribution in [1.29, 1.82) is 0 Å². The van der Waals surface area contributed by atoms with Crippen LogP contribution in [0.3, 0.4) is 0 Å². The van der Waals surface area contributed by atoms with Crippen LogP contribution in [0, 0.1) is 6.92 Å². The number of rotatable bonds is 5. The van der Waals surface area contributed by atoms with Gasteiger partial charge in [0.1, 0.15) is 17.2 Å². The number of carbonyl (C=O) groups excluding carboxylic acids is 1. The number of carbonyl (C=O) groups is 1. The van der Waals surface area contributed by atoms with Crippen molar-refractivity contribution in [2.75, 3.05) is 13.7 Å². The molecule has 37 heavy (non-hydrogen) atoms. The first-order valence-corrected chi connectivity index (χ1v) is 13.0. The van der Waals surface area contributed by atoms with Gasteiger partial charge in [-0.05, 0) is 77.2 Å². The number of hydrogen-bond acceptors (Lipinski definition) is 6. The summed E-state index contributed by atoms with van der Waals surface area (Å²) in [4.78, 5) is 24.0. The summed E-state index contributed by atoms with van der Waals surface area (Å²) in [5.41, 5.74) is 2.37. The van der Waals surface area contributed by atoms with Crippen molar-refractivity contribution in [3.05, 3.63) is 53.6 Å². The first kappa shape index (κ1) is 25.0. The predicted octanol–water partition coefficient (Wildman–Crippen LogP) is 5.23. The monoisotopic (exact) mass is 504 g/mol. The SMILES string of the molecule is COc1cc(C=Cc2nc3n(n2)CCCC3C2CCCN2C(=O)OC(C)(C)C)ccc1-n1cnc(C)c1. The Labute approximate surface area is 218 Å². The lowest BCUT2D eigenvalue weighted by Gasteiger charge is -2.34. The Hall–Kier alpha value is -3.62. The number of ether oxygens (including phenoxy) is 2. The molecule has 1 amide bonds. The van der Waals surface area contributed by atoms with Gasteiger partial charge in [0.25, 0.3) is 0 Å². The molecule has 0 bridgehead atoms. The minimum Gasteiger partial charge on any atom is -0.495 e. The van der Waals surface area contributed by atoms with Crippen LogP contribution in [0.2, 0.25) is 0 Å². The molecule has 2 atom stereocenters. The number of amides is 1. The molecular weight excluding hydrogens is 468 g/mol. The van der Waals surface area contributed by atoms with E-state index < -0.39 is 5.60 Å². The molecule has 0 spiro atoms. The maximum atomic E-state index is 12.9. The average Bonchev–Trinajstić information content (AvgIpc) is 3.60. The Morgan fingerprint density at radius 1 is 1.14 bits per heavy atom. The van der Waals surface area contributed by atoms with Crippen LogP contribution >= 0.6 is 0 Å². The molecular formula is C28H36N6O3. The van der Waals surface area contributed by atoms with Crippen molar-refractivity contribution in [2.24, 2.45) is 0 Å². The van der Waals surface area contributed by atoms with Crippen LogP contribution in [0.4, 0.5) is 4.79 Å². The molecule has 1 saturated heterocycles. The quantitative estimate of drug-likeness (QED) is 0.473. The van der Waals surface area contributed by atoms with Crippen molar-refractivity contribution >= 4 is 18.2 Å². The number of nitrogens with zero attached hydrogens (tertiary/aromatic N) is 6. The van der Waals surface area contributed by atoms with Crippen LogP contribution in [0.1, 0.15) is 75.3 Å². The highest BCUT2D eigenvalue weighted by molar-refractivity contribution is 5.70.